The Kier molecular flexibility index (Phi) is 9.49. The minimum atomic E-state index is 0.624. The monoisotopic (exact) mass is 790 g/mol. The van der Waals surface area contributed by atoms with Crippen molar-refractivity contribution in [2.75, 3.05) is 0 Å². The summed E-state index contributed by atoms with van der Waals surface area (Å²) in [6, 6.07) is 80.6. The number of fused-ring (bicyclic) bond motifs is 3. The van der Waals surface area contributed by atoms with Gasteiger partial charge in [-0.2, -0.15) is 0 Å². The Balaban J connectivity index is 0.934. The minimum absolute atomic E-state index is 0.624. The average molecular weight is 791 g/mol. The van der Waals surface area contributed by atoms with Crippen molar-refractivity contribution in [3.05, 3.63) is 231 Å². The zero-order valence-electron chi connectivity index (χ0n) is 33.7. The van der Waals surface area contributed by atoms with Crippen molar-refractivity contribution in [3.63, 3.8) is 0 Å². The van der Waals surface area contributed by atoms with Crippen LogP contribution < -0.4 is 0 Å². The second-order valence-electron chi connectivity index (χ2n) is 15.4. The van der Waals surface area contributed by atoms with Crippen LogP contribution >= 0.6 is 0 Å². The van der Waals surface area contributed by atoms with E-state index in [4.69, 9.17) is 19.9 Å². The number of hydrogen-bond acceptors (Lipinski definition) is 4. The molecule has 0 unspecified atom stereocenters. The molecule has 0 atom stereocenters. The van der Waals surface area contributed by atoms with Gasteiger partial charge in [-0.3, -0.25) is 0 Å². The fourth-order valence-corrected chi connectivity index (χ4v) is 8.36. The Labute approximate surface area is 360 Å². The summed E-state index contributed by atoms with van der Waals surface area (Å²) in [7, 11) is 0. The van der Waals surface area contributed by atoms with Gasteiger partial charge < -0.3 is 0 Å². The molecule has 2 heterocycles. The first-order valence-corrected chi connectivity index (χ1v) is 20.9. The Morgan fingerprint density at radius 1 is 0.210 bits per heavy atom. The molecule has 62 heavy (non-hydrogen) atoms. The summed E-state index contributed by atoms with van der Waals surface area (Å²) in [4.78, 5) is 20.3. The molecule has 0 radical (unpaired) electrons. The molecular formula is C58H38N4. The maximum absolute atomic E-state index is 5.15. The first-order chi connectivity index (χ1) is 30.7. The number of nitrogens with zero attached hydrogens (tertiary/aromatic N) is 4. The molecule has 2 aromatic heterocycles. The van der Waals surface area contributed by atoms with Crippen LogP contribution in [0.4, 0.5) is 0 Å². The van der Waals surface area contributed by atoms with E-state index in [1.807, 2.05) is 18.2 Å². The highest BCUT2D eigenvalue weighted by Gasteiger charge is 2.16. The zero-order chi connectivity index (χ0) is 41.2. The first-order valence-electron chi connectivity index (χ1n) is 20.9. The van der Waals surface area contributed by atoms with Gasteiger partial charge in [0.05, 0.1) is 11.2 Å². The molecule has 0 aliphatic carbocycles. The fourth-order valence-electron chi connectivity index (χ4n) is 8.36. The van der Waals surface area contributed by atoms with Crippen LogP contribution in [0.15, 0.2) is 231 Å². The first kappa shape index (κ1) is 36.7. The third-order valence-electron chi connectivity index (χ3n) is 11.6. The highest BCUT2D eigenvalue weighted by atomic mass is 15.0. The molecule has 0 fully saturated rings. The molecule has 11 rings (SSSR count). The average Bonchev–Trinajstić information content (AvgIpc) is 3.37. The molecule has 0 spiro atoms. The van der Waals surface area contributed by atoms with E-state index in [2.05, 4.69) is 212 Å². The van der Waals surface area contributed by atoms with Crippen molar-refractivity contribution in [1.82, 2.24) is 19.9 Å². The van der Waals surface area contributed by atoms with Gasteiger partial charge >= 0.3 is 0 Å². The van der Waals surface area contributed by atoms with Gasteiger partial charge in [0, 0.05) is 38.4 Å². The molecule has 0 aliphatic heterocycles. The topological polar surface area (TPSA) is 51.6 Å². The largest absolute Gasteiger partial charge is 0.247 e. The second-order valence-corrected chi connectivity index (χ2v) is 15.4. The summed E-state index contributed by atoms with van der Waals surface area (Å²) in [5.41, 5.74) is 15.1. The fraction of sp³-hybridized carbons (Fsp3) is 0. The third-order valence-corrected chi connectivity index (χ3v) is 11.6. The maximum Gasteiger partial charge on any atom is 0.164 e. The summed E-state index contributed by atoms with van der Waals surface area (Å²) in [6.07, 6.45) is 0. The van der Waals surface area contributed by atoms with Gasteiger partial charge in [-0.15, -0.1) is 0 Å². The number of hydrogen-bond donors (Lipinski definition) is 0. The van der Waals surface area contributed by atoms with Crippen LogP contribution in [0, 0.1) is 0 Å². The van der Waals surface area contributed by atoms with Gasteiger partial charge in [-0.05, 0) is 50.6 Å². The van der Waals surface area contributed by atoms with Gasteiger partial charge in [-0.1, -0.05) is 224 Å². The molecule has 9 aromatic carbocycles. The zero-order valence-corrected chi connectivity index (χ0v) is 33.7. The van der Waals surface area contributed by atoms with E-state index >= 15 is 0 Å². The van der Waals surface area contributed by atoms with Gasteiger partial charge in [0.25, 0.3) is 0 Å². The lowest BCUT2D eigenvalue weighted by molar-refractivity contribution is 1.07. The van der Waals surface area contributed by atoms with Crippen LogP contribution in [-0.4, -0.2) is 19.9 Å². The molecule has 0 N–H and O–H groups in total. The standard InChI is InChI=1S/C58H38N4/c1-4-13-39(14-5-1)41-25-33-47(34-26-41)56-60-57(48-35-27-42(28-36-48)40-15-6-2-7-16-40)62-58(61-56)49-37-29-44(30-38-49)43-23-31-45(32-24-43)50-20-12-21-52-54(50)51-19-10-11-22-53(51)59-55(52)46-17-8-3-9-18-46/h1-38H. The second kappa shape index (κ2) is 16.0. The maximum atomic E-state index is 5.15. The molecular weight excluding hydrogens is 753 g/mol. The molecule has 0 saturated heterocycles. The van der Waals surface area contributed by atoms with Crippen LogP contribution in [0.5, 0.6) is 0 Å². The van der Waals surface area contributed by atoms with E-state index in [0.29, 0.717) is 17.5 Å². The van der Waals surface area contributed by atoms with Crippen molar-refractivity contribution >= 4 is 21.7 Å². The van der Waals surface area contributed by atoms with Gasteiger partial charge in [-0.25, -0.2) is 19.9 Å². The summed E-state index contributed by atoms with van der Waals surface area (Å²) in [6.45, 7) is 0. The van der Waals surface area contributed by atoms with Crippen LogP contribution in [0.2, 0.25) is 0 Å². The lowest BCUT2D eigenvalue weighted by Crippen LogP contribution is -2.00. The summed E-state index contributed by atoms with van der Waals surface area (Å²) < 4.78 is 0. The smallest absolute Gasteiger partial charge is 0.164 e. The van der Waals surface area contributed by atoms with Crippen LogP contribution in [-0.2, 0) is 0 Å². The predicted molar refractivity (Wildman–Crippen MR) is 256 cm³/mol. The minimum Gasteiger partial charge on any atom is -0.247 e. The highest BCUT2D eigenvalue weighted by molar-refractivity contribution is 6.17. The quantitative estimate of drug-likeness (QED) is 0.144. The van der Waals surface area contributed by atoms with Crippen molar-refractivity contribution in [1.29, 1.82) is 0 Å². The van der Waals surface area contributed by atoms with Crippen LogP contribution in [0.1, 0.15) is 0 Å². The Morgan fingerprint density at radius 3 is 1.00 bits per heavy atom. The van der Waals surface area contributed by atoms with E-state index in [1.165, 1.54) is 22.1 Å². The number of benzene rings is 9. The molecule has 0 amide bonds. The Hall–Kier alpha value is -8.34. The molecule has 290 valence electrons. The third kappa shape index (κ3) is 7.10. The molecule has 11 aromatic rings. The lowest BCUT2D eigenvalue weighted by Gasteiger charge is -2.14. The molecule has 0 bridgehead atoms. The predicted octanol–water partition coefficient (Wildman–Crippen LogP) is 14.9. The molecule has 0 saturated carbocycles. The number of para-hydroxylation sites is 1. The number of rotatable bonds is 8. The van der Waals surface area contributed by atoms with E-state index in [9.17, 15) is 0 Å². The number of pyridine rings is 1. The van der Waals surface area contributed by atoms with Crippen molar-refractivity contribution < 1.29 is 0 Å². The highest BCUT2D eigenvalue weighted by Crippen LogP contribution is 2.39. The summed E-state index contributed by atoms with van der Waals surface area (Å²) >= 11 is 0. The molecule has 0 aliphatic rings. The summed E-state index contributed by atoms with van der Waals surface area (Å²) in [5.74, 6) is 1.88. The van der Waals surface area contributed by atoms with Crippen LogP contribution in [0.25, 0.3) is 112 Å². The van der Waals surface area contributed by atoms with Crippen LogP contribution in [0.3, 0.4) is 0 Å². The SMILES string of the molecule is c1ccc(-c2ccc(-c3nc(-c4ccc(-c5ccccc5)cc4)nc(-c4ccc(-c5ccc(-c6cccc7c(-c8ccccc8)nc8ccccc8c67)cc5)cc4)n3)cc2)cc1. The lowest BCUT2D eigenvalue weighted by atomic mass is 9.92. The van der Waals surface area contributed by atoms with Crippen molar-refractivity contribution in [2.24, 2.45) is 0 Å². The van der Waals surface area contributed by atoms with E-state index < -0.39 is 0 Å². The van der Waals surface area contributed by atoms with Gasteiger partial charge in [0.1, 0.15) is 0 Å². The molecule has 4 heteroatoms. The van der Waals surface area contributed by atoms with Gasteiger partial charge in [0.2, 0.25) is 0 Å². The van der Waals surface area contributed by atoms with E-state index in [1.54, 1.807) is 0 Å². The van der Waals surface area contributed by atoms with Crippen molar-refractivity contribution in [2.45, 2.75) is 0 Å². The van der Waals surface area contributed by atoms with Gasteiger partial charge in [0.15, 0.2) is 17.5 Å². The number of aromatic nitrogens is 4. The summed E-state index contributed by atoms with van der Waals surface area (Å²) in [5, 5.41) is 3.50. The Bertz CT molecular complexity index is 3230. The van der Waals surface area contributed by atoms with E-state index in [0.717, 1.165) is 72.1 Å². The van der Waals surface area contributed by atoms with Crippen molar-refractivity contribution in [3.8, 4) is 89.9 Å². The molecule has 4 nitrogen and oxygen atoms in total. The normalized spacial score (nSPS) is 11.2. The van der Waals surface area contributed by atoms with E-state index in [-0.39, 0.29) is 0 Å². The Morgan fingerprint density at radius 2 is 0.548 bits per heavy atom.